The largest absolute Gasteiger partial charge is 0.718 e. The van der Waals surface area contributed by atoms with Crippen LogP contribution in [0.5, 0.6) is 5.75 Å². The summed E-state index contributed by atoms with van der Waals surface area (Å²) in [7, 11) is 0. The molecule has 39 heavy (non-hydrogen) atoms. The number of carbonyl (C=O) groups is 2. The van der Waals surface area contributed by atoms with E-state index in [9.17, 15) is 9.59 Å². The highest BCUT2D eigenvalue weighted by molar-refractivity contribution is 6.58. The molecular weight excluding hydrogens is 493 g/mol. The second-order valence-electron chi connectivity index (χ2n) is 9.82. The zero-order valence-electron chi connectivity index (χ0n) is 23.2. The fourth-order valence-electron chi connectivity index (χ4n) is 4.79. The second-order valence-corrected chi connectivity index (χ2v) is 9.82. The number of benzene rings is 3. The van der Waals surface area contributed by atoms with Crippen LogP contribution < -0.4 is 9.55 Å². The Hall–Kier alpha value is -3.78. The van der Waals surface area contributed by atoms with Gasteiger partial charge in [0.2, 0.25) is 0 Å². The van der Waals surface area contributed by atoms with Crippen LogP contribution in [0.4, 0.5) is 5.69 Å². The third-order valence-corrected chi connectivity index (χ3v) is 6.70. The second kappa shape index (κ2) is 12.8. The van der Waals surface area contributed by atoms with Crippen molar-refractivity contribution in [2.75, 3.05) is 18.0 Å². The lowest BCUT2D eigenvalue weighted by atomic mass is 9.92. The molecule has 7 nitrogen and oxygen atoms in total. The standard InChI is InChI=1S/C31H37BNO6/c1-5-7-21-33(22-8-6-2)27-17-13-25(14-18-27)15-20-30-29-19-16-26-11-9-10-12-28(26)31(29)39-32(38-30,36-23(3)34)37-24(4)35/h9-20,30H,5-8,21-22H2,1-4H3/q-1/b20-15+/t30-/m0/s1. The van der Waals surface area contributed by atoms with Crippen LogP contribution in [0.2, 0.25) is 0 Å². The van der Waals surface area contributed by atoms with Crippen LogP contribution in [0.15, 0.2) is 66.7 Å². The lowest BCUT2D eigenvalue weighted by molar-refractivity contribution is -0.149. The van der Waals surface area contributed by atoms with E-state index in [4.69, 9.17) is 18.6 Å². The van der Waals surface area contributed by atoms with E-state index in [0.717, 1.165) is 60.7 Å². The van der Waals surface area contributed by atoms with Crippen LogP contribution in [0.25, 0.3) is 16.8 Å². The molecule has 8 heteroatoms. The summed E-state index contributed by atoms with van der Waals surface area (Å²) in [6.45, 7) is 5.78. The Morgan fingerprint density at radius 1 is 0.897 bits per heavy atom. The Morgan fingerprint density at radius 2 is 1.54 bits per heavy atom. The van der Waals surface area contributed by atoms with Crippen LogP contribution >= 0.6 is 0 Å². The van der Waals surface area contributed by atoms with Gasteiger partial charge >= 0.3 is 6.96 Å². The number of nitrogens with zero attached hydrogens (tertiary/aromatic N) is 1. The topological polar surface area (TPSA) is 74.3 Å². The van der Waals surface area contributed by atoms with Crippen LogP contribution in [0, 0.1) is 0 Å². The fraction of sp³-hybridized carbons (Fsp3) is 0.355. The lowest BCUT2D eigenvalue weighted by Gasteiger charge is -2.46. The minimum atomic E-state index is -3.17. The normalized spacial score (nSPS) is 15.9. The first-order valence-corrected chi connectivity index (χ1v) is 13.8. The summed E-state index contributed by atoms with van der Waals surface area (Å²) in [5.74, 6) is -0.919. The maximum Gasteiger partial charge on any atom is 0.718 e. The third kappa shape index (κ3) is 7.01. The molecule has 0 saturated heterocycles. The van der Waals surface area contributed by atoms with Gasteiger partial charge in [-0.15, -0.1) is 0 Å². The first kappa shape index (κ1) is 28.2. The number of rotatable bonds is 11. The van der Waals surface area contributed by atoms with Gasteiger partial charge in [0, 0.05) is 43.6 Å². The number of anilines is 1. The van der Waals surface area contributed by atoms with E-state index >= 15 is 0 Å². The maximum absolute atomic E-state index is 12.0. The van der Waals surface area contributed by atoms with Gasteiger partial charge in [-0.3, -0.25) is 9.59 Å². The number of carbonyl (C=O) groups excluding carboxylic acids is 2. The quantitative estimate of drug-likeness (QED) is 0.248. The molecule has 4 rings (SSSR count). The van der Waals surface area contributed by atoms with E-state index in [2.05, 4.69) is 43.0 Å². The number of hydrogen-bond acceptors (Lipinski definition) is 7. The number of unbranched alkanes of at least 4 members (excludes halogenated alkanes) is 2. The van der Waals surface area contributed by atoms with E-state index in [0.29, 0.717) is 5.75 Å². The molecule has 0 aliphatic carbocycles. The highest BCUT2D eigenvalue weighted by Crippen LogP contribution is 2.43. The zero-order valence-corrected chi connectivity index (χ0v) is 23.2. The molecular formula is C31H37BNO6-. The molecule has 1 heterocycles. The average molecular weight is 530 g/mol. The summed E-state index contributed by atoms with van der Waals surface area (Å²) in [5, 5.41) is 1.73. The molecule has 3 aromatic rings. The van der Waals surface area contributed by atoms with E-state index in [1.54, 1.807) is 0 Å². The molecule has 0 aromatic heterocycles. The molecule has 0 amide bonds. The van der Waals surface area contributed by atoms with Crippen molar-refractivity contribution in [3.8, 4) is 5.75 Å². The average Bonchev–Trinajstić information content (AvgIpc) is 2.91. The molecule has 1 aliphatic rings. The Morgan fingerprint density at radius 3 is 2.15 bits per heavy atom. The van der Waals surface area contributed by atoms with E-state index in [1.165, 1.54) is 19.5 Å². The van der Waals surface area contributed by atoms with Crippen molar-refractivity contribution >= 4 is 41.4 Å². The first-order valence-electron chi connectivity index (χ1n) is 13.8. The number of hydrogen-bond donors (Lipinski definition) is 0. The van der Waals surface area contributed by atoms with Crippen molar-refractivity contribution < 1.29 is 28.2 Å². The molecule has 0 unspecified atom stereocenters. The van der Waals surface area contributed by atoms with Gasteiger partial charge < -0.3 is 23.5 Å². The lowest BCUT2D eigenvalue weighted by Crippen LogP contribution is -2.56. The highest BCUT2D eigenvalue weighted by atomic mass is 16.9. The molecule has 0 N–H and O–H groups in total. The molecule has 1 atom stereocenters. The predicted octanol–water partition coefficient (Wildman–Crippen LogP) is 6.97. The van der Waals surface area contributed by atoms with Gasteiger partial charge in [0.15, 0.2) is 0 Å². The Kier molecular flexibility index (Phi) is 9.30. The highest BCUT2D eigenvalue weighted by Gasteiger charge is 2.47. The monoisotopic (exact) mass is 530 g/mol. The van der Waals surface area contributed by atoms with Crippen molar-refractivity contribution in [2.24, 2.45) is 0 Å². The van der Waals surface area contributed by atoms with Crippen molar-refractivity contribution in [1.29, 1.82) is 0 Å². The zero-order chi connectivity index (χ0) is 27.8. The van der Waals surface area contributed by atoms with Gasteiger partial charge in [-0.2, -0.15) is 0 Å². The third-order valence-electron chi connectivity index (χ3n) is 6.70. The van der Waals surface area contributed by atoms with Crippen molar-refractivity contribution in [2.45, 2.75) is 59.5 Å². The SMILES string of the molecule is CCCCN(CCCC)c1ccc(/C=C/[C@@H]2O[B-](OC(C)=O)(OC(C)=O)Oc3c2ccc2ccccc32)cc1. The molecule has 0 saturated carbocycles. The summed E-state index contributed by atoms with van der Waals surface area (Å²) < 4.78 is 22.9. The van der Waals surface area contributed by atoms with E-state index in [-0.39, 0.29) is 0 Å². The first-order chi connectivity index (χ1) is 18.8. The van der Waals surface area contributed by atoms with Crippen LogP contribution in [-0.4, -0.2) is 32.0 Å². The molecule has 3 aromatic carbocycles. The van der Waals surface area contributed by atoms with Crippen molar-refractivity contribution in [1.82, 2.24) is 0 Å². The molecule has 0 bridgehead atoms. The van der Waals surface area contributed by atoms with Gasteiger partial charge in [0.1, 0.15) is 0 Å². The van der Waals surface area contributed by atoms with Crippen molar-refractivity contribution in [3.05, 3.63) is 77.9 Å². The van der Waals surface area contributed by atoms with E-state index in [1.807, 2.05) is 48.6 Å². The minimum Gasteiger partial charge on any atom is -0.622 e. The summed E-state index contributed by atoms with van der Waals surface area (Å²) >= 11 is 0. The van der Waals surface area contributed by atoms with Crippen LogP contribution in [0.3, 0.4) is 0 Å². The van der Waals surface area contributed by atoms with Gasteiger partial charge in [0.25, 0.3) is 11.9 Å². The molecule has 0 spiro atoms. The van der Waals surface area contributed by atoms with Gasteiger partial charge in [-0.05, 0) is 35.9 Å². The summed E-state index contributed by atoms with van der Waals surface area (Å²) in [6, 6.07) is 20.0. The molecule has 0 radical (unpaired) electrons. The van der Waals surface area contributed by atoms with Gasteiger partial charge in [-0.25, -0.2) is 0 Å². The Labute approximate surface area is 230 Å². The molecule has 206 valence electrons. The van der Waals surface area contributed by atoms with E-state index < -0.39 is 25.0 Å². The summed E-state index contributed by atoms with van der Waals surface area (Å²) in [4.78, 5) is 26.4. The molecule has 0 fully saturated rings. The van der Waals surface area contributed by atoms with Crippen LogP contribution in [0.1, 0.15) is 70.6 Å². The van der Waals surface area contributed by atoms with Gasteiger partial charge in [0.05, 0.1) is 11.9 Å². The Bertz CT molecular complexity index is 1300. The smallest absolute Gasteiger partial charge is 0.622 e. The molecule has 1 aliphatic heterocycles. The van der Waals surface area contributed by atoms with Gasteiger partial charge in [-0.1, -0.05) is 87.4 Å². The maximum atomic E-state index is 12.0. The summed E-state index contributed by atoms with van der Waals surface area (Å²) in [6.07, 6.45) is 7.76. The summed E-state index contributed by atoms with van der Waals surface area (Å²) in [5.41, 5.74) is 2.93. The van der Waals surface area contributed by atoms with Crippen molar-refractivity contribution in [3.63, 3.8) is 0 Å². The fourth-order valence-corrected chi connectivity index (χ4v) is 4.79. The Balaban J connectivity index is 1.67. The predicted molar refractivity (Wildman–Crippen MR) is 155 cm³/mol. The van der Waals surface area contributed by atoms with Crippen LogP contribution in [-0.2, 0) is 23.6 Å². The number of fused-ring (bicyclic) bond motifs is 3. The minimum absolute atomic E-state index is 0.453.